The first-order valence-corrected chi connectivity index (χ1v) is 10.7. The lowest BCUT2D eigenvalue weighted by molar-refractivity contribution is -0.274. The van der Waals surface area contributed by atoms with Crippen molar-refractivity contribution in [2.24, 2.45) is 5.92 Å². The second-order valence-corrected chi connectivity index (χ2v) is 8.29. The molecule has 1 aliphatic rings. The molecule has 0 spiro atoms. The van der Waals surface area contributed by atoms with Crippen LogP contribution in [0.5, 0.6) is 5.75 Å². The molecule has 2 N–H and O–H groups in total. The van der Waals surface area contributed by atoms with Crippen molar-refractivity contribution < 1.29 is 17.9 Å². The molecule has 7 nitrogen and oxygen atoms in total. The molecule has 0 bridgehead atoms. The van der Waals surface area contributed by atoms with E-state index in [4.69, 9.17) is 0 Å². The van der Waals surface area contributed by atoms with Crippen LogP contribution in [0, 0.1) is 5.92 Å². The van der Waals surface area contributed by atoms with Gasteiger partial charge in [0.05, 0.1) is 5.69 Å². The summed E-state index contributed by atoms with van der Waals surface area (Å²) < 4.78 is 42.4. The fourth-order valence-electron chi connectivity index (χ4n) is 4.56. The summed E-state index contributed by atoms with van der Waals surface area (Å²) in [6.07, 6.45) is 3.21. The second-order valence-electron chi connectivity index (χ2n) is 8.29. The van der Waals surface area contributed by atoms with Crippen LogP contribution in [0.15, 0.2) is 42.9 Å². The van der Waals surface area contributed by atoms with E-state index in [-0.39, 0.29) is 5.75 Å². The van der Waals surface area contributed by atoms with Gasteiger partial charge in [-0.3, -0.25) is 0 Å². The Morgan fingerprint density at radius 1 is 1.09 bits per heavy atom. The van der Waals surface area contributed by atoms with Crippen LogP contribution >= 0.6 is 0 Å². The maximum absolute atomic E-state index is 12.3. The van der Waals surface area contributed by atoms with Gasteiger partial charge in [0.2, 0.25) is 0 Å². The van der Waals surface area contributed by atoms with Crippen molar-refractivity contribution in [1.82, 2.24) is 30.1 Å². The van der Waals surface area contributed by atoms with E-state index in [0.29, 0.717) is 18.4 Å². The van der Waals surface area contributed by atoms with Crippen LogP contribution in [0.3, 0.4) is 0 Å². The number of aromatic amines is 1. The van der Waals surface area contributed by atoms with E-state index >= 15 is 0 Å². The summed E-state index contributed by atoms with van der Waals surface area (Å²) in [7, 11) is 0. The van der Waals surface area contributed by atoms with Crippen molar-refractivity contribution in [3.63, 3.8) is 0 Å². The molecule has 4 aromatic rings. The Morgan fingerprint density at radius 3 is 2.62 bits per heavy atom. The summed E-state index contributed by atoms with van der Waals surface area (Å²) in [5.74, 6) is 0.744. The highest BCUT2D eigenvalue weighted by Gasteiger charge is 2.31. The van der Waals surface area contributed by atoms with E-state index in [1.165, 1.54) is 12.1 Å². The highest BCUT2D eigenvalue weighted by molar-refractivity contribution is 5.92. The number of halogens is 3. The molecule has 0 aliphatic heterocycles. The predicted octanol–water partition coefficient (Wildman–Crippen LogP) is 4.57. The van der Waals surface area contributed by atoms with Crippen LogP contribution in [0.4, 0.5) is 13.2 Å². The molecular formula is C22H23F3N6O. The van der Waals surface area contributed by atoms with Crippen molar-refractivity contribution in [2.45, 2.75) is 44.5 Å². The van der Waals surface area contributed by atoms with Crippen molar-refractivity contribution in [3.05, 3.63) is 54.1 Å². The molecule has 0 unspecified atom stereocenters. The summed E-state index contributed by atoms with van der Waals surface area (Å²) in [4.78, 5) is 7.50. The van der Waals surface area contributed by atoms with Crippen LogP contribution in [0.25, 0.3) is 16.6 Å². The van der Waals surface area contributed by atoms with Gasteiger partial charge < -0.3 is 15.0 Å². The van der Waals surface area contributed by atoms with E-state index in [2.05, 4.69) is 30.3 Å². The number of hydrogen-bond donors (Lipinski definition) is 2. The summed E-state index contributed by atoms with van der Waals surface area (Å²) in [6, 6.07) is 8.00. The number of aromatic nitrogens is 5. The van der Waals surface area contributed by atoms with Gasteiger partial charge in [-0.25, -0.2) is 9.50 Å². The van der Waals surface area contributed by atoms with E-state index < -0.39 is 6.36 Å². The quantitative estimate of drug-likeness (QED) is 0.456. The zero-order valence-electron chi connectivity index (χ0n) is 17.3. The molecule has 3 heterocycles. The number of H-pyrrole nitrogens is 1. The van der Waals surface area contributed by atoms with Gasteiger partial charge in [0.1, 0.15) is 23.2 Å². The Kier molecular flexibility index (Phi) is 5.46. The Hall–Kier alpha value is -3.14. The standard InChI is InChI=1S/C22H23F3N6O/c23-22(24,25)32-17-7-3-15(4-8-17)12-26-11-14-1-5-16(6-2-14)19-20-18-9-10-27-21(18)28-13-31(20)30-29-19/h3-4,7-10,13-14,16,26-27H,1-2,5-6,11-12H2. The first kappa shape index (κ1) is 20.7. The average molecular weight is 444 g/mol. The minimum absolute atomic E-state index is 0.200. The van der Waals surface area contributed by atoms with Gasteiger partial charge in [0, 0.05) is 24.0 Å². The molecule has 0 atom stereocenters. The van der Waals surface area contributed by atoms with E-state index in [1.807, 2.05) is 12.3 Å². The number of fused-ring (bicyclic) bond motifs is 3. The normalized spacial score (nSPS) is 19.6. The first-order chi connectivity index (χ1) is 15.5. The molecule has 1 fully saturated rings. The molecule has 1 saturated carbocycles. The fraction of sp³-hybridized carbons (Fsp3) is 0.409. The van der Waals surface area contributed by atoms with Gasteiger partial charge in [0.25, 0.3) is 0 Å². The smallest absolute Gasteiger partial charge is 0.406 e. The number of rotatable bonds is 6. The van der Waals surface area contributed by atoms with Crippen LogP contribution in [0.2, 0.25) is 0 Å². The number of hydrogen-bond acceptors (Lipinski definition) is 5. The van der Waals surface area contributed by atoms with Crippen molar-refractivity contribution in [2.75, 3.05) is 6.54 Å². The highest BCUT2D eigenvalue weighted by atomic mass is 19.4. The SMILES string of the molecule is FC(F)(F)Oc1ccc(CNCC2CCC(c3nnn4cnc5[nH]ccc5c34)CC2)cc1. The maximum atomic E-state index is 12.3. The van der Waals surface area contributed by atoms with E-state index in [1.54, 1.807) is 23.0 Å². The lowest BCUT2D eigenvalue weighted by atomic mass is 9.80. The lowest BCUT2D eigenvalue weighted by Gasteiger charge is -2.27. The molecule has 168 valence electrons. The minimum atomic E-state index is -4.66. The monoisotopic (exact) mass is 444 g/mol. The van der Waals surface area contributed by atoms with Crippen LogP contribution in [0.1, 0.15) is 42.9 Å². The molecule has 3 aromatic heterocycles. The molecular weight excluding hydrogens is 421 g/mol. The van der Waals surface area contributed by atoms with Crippen molar-refractivity contribution >= 4 is 16.6 Å². The van der Waals surface area contributed by atoms with E-state index in [9.17, 15) is 13.2 Å². The molecule has 0 amide bonds. The van der Waals surface area contributed by atoms with Crippen LogP contribution < -0.4 is 10.1 Å². The van der Waals surface area contributed by atoms with Gasteiger partial charge in [-0.15, -0.1) is 18.3 Å². The van der Waals surface area contributed by atoms with Crippen LogP contribution in [-0.4, -0.2) is 37.7 Å². The Balaban J connectivity index is 1.13. The molecule has 0 radical (unpaired) electrons. The highest BCUT2D eigenvalue weighted by Crippen LogP contribution is 2.37. The third-order valence-electron chi connectivity index (χ3n) is 6.15. The molecule has 5 rings (SSSR count). The number of nitrogens with zero attached hydrogens (tertiary/aromatic N) is 4. The topological polar surface area (TPSA) is 80.1 Å². The number of ether oxygens (including phenoxy) is 1. The van der Waals surface area contributed by atoms with Gasteiger partial charge in [0.15, 0.2) is 0 Å². The van der Waals surface area contributed by atoms with Gasteiger partial charge in [-0.1, -0.05) is 17.3 Å². The fourth-order valence-corrected chi connectivity index (χ4v) is 4.56. The van der Waals surface area contributed by atoms with Crippen LogP contribution in [-0.2, 0) is 6.54 Å². The average Bonchev–Trinajstić information content (AvgIpc) is 3.41. The number of alkyl halides is 3. The predicted molar refractivity (Wildman–Crippen MR) is 112 cm³/mol. The third-order valence-corrected chi connectivity index (χ3v) is 6.15. The largest absolute Gasteiger partial charge is 0.573 e. The molecule has 32 heavy (non-hydrogen) atoms. The van der Waals surface area contributed by atoms with Gasteiger partial charge in [-0.05, 0) is 61.9 Å². The van der Waals surface area contributed by atoms with E-state index in [0.717, 1.165) is 60.0 Å². The molecule has 0 saturated heterocycles. The Labute approximate surface area is 182 Å². The summed E-state index contributed by atoms with van der Waals surface area (Å²) in [6.45, 7) is 1.49. The summed E-state index contributed by atoms with van der Waals surface area (Å²) in [5, 5.41) is 13.2. The van der Waals surface area contributed by atoms with Crippen molar-refractivity contribution in [3.8, 4) is 5.75 Å². The lowest BCUT2D eigenvalue weighted by Crippen LogP contribution is -2.26. The second kappa shape index (κ2) is 8.42. The Bertz CT molecular complexity index is 1190. The zero-order valence-corrected chi connectivity index (χ0v) is 17.3. The summed E-state index contributed by atoms with van der Waals surface area (Å²) >= 11 is 0. The Morgan fingerprint density at radius 2 is 1.88 bits per heavy atom. The molecule has 10 heteroatoms. The first-order valence-electron chi connectivity index (χ1n) is 10.7. The molecule has 1 aliphatic carbocycles. The van der Waals surface area contributed by atoms with Crippen molar-refractivity contribution in [1.29, 1.82) is 0 Å². The number of nitrogens with one attached hydrogen (secondary N) is 2. The minimum Gasteiger partial charge on any atom is -0.406 e. The molecule has 1 aromatic carbocycles. The third kappa shape index (κ3) is 4.40. The van der Waals surface area contributed by atoms with Gasteiger partial charge in [-0.2, -0.15) is 0 Å². The van der Waals surface area contributed by atoms with Gasteiger partial charge >= 0.3 is 6.36 Å². The zero-order chi connectivity index (χ0) is 22.1. The summed E-state index contributed by atoms with van der Waals surface area (Å²) in [5.41, 5.74) is 3.85. The maximum Gasteiger partial charge on any atom is 0.573 e. The number of benzene rings is 1.